The predicted molar refractivity (Wildman–Crippen MR) is 93.3 cm³/mol. The van der Waals surface area contributed by atoms with E-state index in [4.69, 9.17) is 39.5 Å². The molecule has 1 amide bonds. The first-order valence-corrected chi connectivity index (χ1v) is 7.78. The quantitative estimate of drug-likeness (QED) is 0.579. The SMILES string of the molecule is C[C@H](Oc1ccc([N+](=O)[O-])cc1Cl)C(=O)Nc1ccc(Cl)cc1Cl. The van der Waals surface area contributed by atoms with Crippen LogP contribution < -0.4 is 10.1 Å². The average molecular weight is 390 g/mol. The number of amides is 1. The summed E-state index contributed by atoms with van der Waals surface area (Å²) < 4.78 is 5.44. The number of carbonyl (C=O) groups excluding carboxylic acids is 1. The fourth-order valence-electron chi connectivity index (χ4n) is 1.77. The van der Waals surface area contributed by atoms with Gasteiger partial charge in [-0.3, -0.25) is 14.9 Å². The second-order valence-electron chi connectivity index (χ2n) is 4.75. The van der Waals surface area contributed by atoms with Gasteiger partial charge in [-0.15, -0.1) is 0 Å². The minimum Gasteiger partial charge on any atom is -0.479 e. The standard InChI is InChI=1S/C15H11Cl3N2O4/c1-8(15(21)19-13-4-2-9(16)6-11(13)17)24-14-5-3-10(20(22)23)7-12(14)18/h2-8H,1H3,(H,19,21)/t8-/m0/s1. The van der Waals surface area contributed by atoms with Crippen molar-refractivity contribution in [2.24, 2.45) is 0 Å². The Bertz CT molecular complexity index is 798. The van der Waals surface area contributed by atoms with Crippen molar-refractivity contribution < 1.29 is 14.5 Å². The van der Waals surface area contributed by atoms with Crippen LogP contribution in [0.5, 0.6) is 5.75 Å². The lowest BCUT2D eigenvalue weighted by molar-refractivity contribution is -0.384. The number of hydrogen-bond acceptors (Lipinski definition) is 4. The van der Waals surface area contributed by atoms with E-state index in [0.29, 0.717) is 10.7 Å². The van der Waals surface area contributed by atoms with Crippen LogP contribution in [0.15, 0.2) is 36.4 Å². The normalized spacial score (nSPS) is 11.7. The summed E-state index contributed by atoms with van der Waals surface area (Å²) >= 11 is 17.7. The fourth-order valence-corrected chi connectivity index (χ4v) is 2.44. The third-order valence-electron chi connectivity index (χ3n) is 2.99. The third-order valence-corrected chi connectivity index (χ3v) is 3.83. The Balaban J connectivity index is 2.07. The van der Waals surface area contributed by atoms with Crippen LogP contribution >= 0.6 is 34.8 Å². The minimum atomic E-state index is -0.907. The molecule has 0 aliphatic carbocycles. The number of rotatable bonds is 5. The lowest BCUT2D eigenvalue weighted by Gasteiger charge is -2.16. The van der Waals surface area contributed by atoms with E-state index in [0.717, 1.165) is 6.07 Å². The molecule has 0 fully saturated rings. The third kappa shape index (κ3) is 4.50. The molecule has 0 spiro atoms. The first kappa shape index (κ1) is 18.3. The van der Waals surface area contributed by atoms with Gasteiger partial charge in [0.05, 0.1) is 20.7 Å². The van der Waals surface area contributed by atoms with Gasteiger partial charge < -0.3 is 10.1 Å². The van der Waals surface area contributed by atoms with E-state index in [9.17, 15) is 14.9 Å². The smallest absolute Gasteiger partial charge is 0.271 e. The van der Waals surface area contributed by atoms with Gasteiger partial charge in [0.15, 0.2) is 6.10 Å². The molecule has 2 aromatic carbocycles. The lowest BCUT2D eigenvalue weighted by Crippen LogP contribution is -2.30. The second kappa shape index (κ2) is 7.70. The van der Waals surface area contributed by atoms with Crippen LogP contribution in [-0.4, -0.2) is 16.9 Å². The maximum atomic E-state index is 12.2. The van der Waals surface area contributed by atoms with Gasteiger partial charge in [0.25, 0.3) is 11.6 Å². The van der Waals surface area contributed by atoms with E-state index in [1.165, 1.54) is 25.1 Å². The van der Waals surface area contributed by atoms with E-state index in [1.807, 2.05) is 0 Å². The van der Waals surface area contributed by atoms with Gasteiger partial charge >= 0.3 is 0 Å². The molecule has 0 aliphatic heterocycles. The fraction of sp³-hybridized carbons (Fsp3) is 0.133. The molecular formula is C15H11Cl3N2O4. The molecule has 2 rings (SSSR count). The molecule has 0 aliphatic rings. The highest BCUT2D eigenvalue weighted by Gasteiger charge is 2.19. The van der Waals surface area contributed by atoms with Crippen LogP contribution in [0.2, 0.25) is 15.1 Å². The van der Waals surface area contributed by atoms with E-state index >= 15 is 0 Å². The molecule has 126 valence electrons. The van der Waals surface area contributed by atoms with Crippen molar-refractivity contribution in [1.82, 2.24) is 0 Å². The topological polar surface area (TPSA) is 81.5 Å². The van der Waals surface area contributed by atoms with E-state index in [-0.39, 0.29) is 21.5 Å². The van der Waals surface area contributed by atoms with Gasteiger partial charge in [-0.1, -0.05) is 34.8 Å². The van der Waals surface area contributed by atoms with Crippen LogP contribution in [0.25, 0.3) is 0 Å². The molecule has 0 heterocycles. The van der Waals surface area contributed by atoms with E-state index in [2.05, 4.69) is 5.32 Å². The van der Waals surface area contributed by atoms with Gasteiger partial charge in [0.2, 0.25) is 0 Å². The van der Waals surface area contributed by atoms with Crippen molar-refractivity contribution in [3.8, 4) is 5.75 Å². The van der Waals surface area contributed by atoms with Gasteiger partial charge in [0, 0.05) is 17.2 Å². The molecule has 6 nitrogen and oxygen atoms in total. The lowest BCUT2D eigenvalue weighted by atomic mass is 10.2. The Hall–Kier alpha value is -2.02. The zero-order chi connectivity index (χ0) is 17.9. The number of non-ortho nitro benzene ring substituents is 1. The first-order valence-electron chi connectivity index (χ1n) is 6.64. The Morgan fingerprint density at radius 1 is 1.17 bits per heavy atom. The van der Waals surface area contributed by atoms with Crippen LogP contribution in [0.3, 0.4) is 0 Å². The summed E-state index contributed by atoms with van der Waals surface area (Å²) in [6, 6.07) is 8.37. The summed E-state index contributed by atoms with van der Waals surface area (Å²) in [5, 5.41) is 14.0. The highest BCUT2D eigenvalue weighted by molar-refractivity contribution is 6.36. The minimum absolute atomic E-state index is 0.0355. The Morgan fingerprint density at radius 2 is 1.88 bits per heavy atom. The number of halogens is 3. The number of carbonyl (C=O) groups is 1. The number of nitro groups is 1. The summed E-state index contributed by atoms with van der Waals surface area (Å²) in [5.74, 6) is -0.305. The van der Waals surface area contributed by atoms with Crippen LogP contribution in [0.4, 0.5) is 11.4 Å². The summed E-state index contributed by atoms with van der Waals surface area (Å²) in [4.78, 5) is 22.3. The molecule has 0 saturated heterocycles. The number of nitrogens with zero attached hydrogens (tertiary/aromatic N) is 1. The number of ether oxygens (including phenoxy) is 1. The van der Waals surface area contributed by atoms with Gasteiger partial charge in [-0.25, -0.2) is 0 Å². The van der Waals surface area contributed by atoms with Crippen LogP contribution in [0.1, 0.15) is 6.92 Å². The zero-order valence-corrected chi connectivity index (χ0v) is 14.5. The van der Waals surface area contributed by atoms with Crippen molar-refractivity contribution in [3.63, 3.8) is 0 Å². The molecule has 0 bridgehead atoms. The van der Waals surface area contributed by atoms with Gasteiger partial charge in [0.1, 0.15) is 5.75 Å². The molecule has 24 heavy (non-hydrogen) atoms. The molecular weight excluding hydrogens is 379 g/mol. The summed E-state index contributed by atoms with van der Waals surface area (Å²) in [6.45, 7) is 1.51. The molecule has 9 heteroatoms. The molecule has 1 N–H and O–H groups in total. The second-order valence-corrected chi connectivity index (χ2v) is 6.00. The van der Waals surface area contributed by atoms with Crippen molar-refractivity contribution in [1.29, 1.82) is 0 Å². The molecule has 0 unspecified atom stereocenters. The molecule has 2 aromatic rings. The molecule has 0 aromatic heterocycles. The van der Waals surface area contributed by atoms with Crippen molar-refractivity contribution >= 4 is 52.1 Å². The summed E-state index contributed by atoms with van der Waals surface area (Å²) in [5.41, 5.74) is 0.216. The van der Waals surface area contributed by atoms with E-state index in [1.54, 1.807) is 12.1 Å². The van der Waals surface area contributed by atoms with Crippen LogP contribution in [0, 0.1) is 10.1 Å². The zero-order valence-electron chi connectivity index (χ0n) is 12.3. The highest BCUT2D eigenvalue weighted by Crippen LogP contribution is 2.30. The number of nitro benzene ring substituents is 1. The van der Waals surface area contributed by atoms with E-state index < -0.39 is 16.9 Å². The molecule has 1 atom stereocenters. The highest BCUT2D eigenvalue weighted by atomic mass is 35.5. The van der Waals surface area contributed by atoms with Crippen LogP contribution in [-0.2, 0) is 4.79 Å². The Kier molecular flexibility index (Phi) is 5.88. The first-order chi connectivity index (χ1) is 11.3. The Morgan fingerprint density at radius 3 is 2.46 bits per heavy atom. The van der Waals surface area contributed by atoms with Crippen molar-refractivity contribution in [2.75, 3.05) is 5.32 Å². The molecule has 0 radical (unpaired) electrons. The van der Waals surface area contributed by atoms with Gasteiger partial charge in [-0.2, -0.15) is 0 Å². The maximum Gasteiger partial charge on any atom is 0.271 e. The largest absolute Gasteiger partial charge is 0.479 e. The number of anilines is 1. The monoisotopic (exact) mass is 388 g/mol. The number of nitrogens with one attached hydrogen (secondary N) is 1. The Labute approximate surface area is 152 Å². The molecule has 0 saturated carbocycles. The number of benzene rings is 2. The van der Waals surface area contributed by atoms with Crippen molar-refractivity contribution in [2.45, 2.75) is 13.0 Å². The number of hydrogen-bond donors (Lipinski definition) is 1. The summed E-state index contributed by atoms with van der Waals surface area (Å²) in [6.07, 6.45) is -0.907. The van der Waals surface area contributed by atoms with Crippen molar-refractivity contribution in [3.05, 3.63) is 61.6 Å². The average Bonchev–Trinajstić information content (AvgIpc) is 2.51. The van der Waals surface area contributed by atoms with Gasteiger partial charge in [-0.05, 0) is 31.2 Å². The summed E-state index contributed by atoms with van der Waals surface area (Å²) in [7, 11) is 0. The maximum absolute atomic E-state index is 12.2. The predicted octanol–water partition coefficient (Wildman–Crippen LogP) is 4.96.